The molecular formula is C20H32IN3O3. The van der Waals surface area contributed by atoms with Crippen molar-refractivity contribution in [2.24, 2.45) is 4.99 Å². The highest BCUT2D eigenvalue weighted by Crippen LogP contribution is 2.46. The maximum Gasteiger partial charge on any atom is 0.191 e. The number of ether oxygens (including phenoxy) is 3. The van der Waals surface area contributed by atoms with Crippen LogP contribution < -0.4 is 15.4 Å². The second-order valence-corrected chi connectivity index (χ2v) is 7.04. The molecule has 1 unspecified atom stereocenters. The van der Waals surface area contributed by atoms with E-state index in [2.05, 4.69) is 33.8 Å². The monoisotopic (exact) mass is 489 g/mol. The van der Waals surface area contributed by atoms with Gasteiger partial charge >= 0.3 is 0 Å². The Morgan fingerprint density at radius 2 is 2.00 bits per heavy atom. The fourth-order valence-electron chi connectivity index (χ4n) is 3.92. The zero-order valence-electron chi connectivity index (χ0n) is 16.3. The lowest BCUT2D eigenvalue weighted by atomic mass is 9.86. The van der Waals surface area contributed by atoms with Crippen molar-refractivity contribution in [2.75, 3.05) is 40.5 Å². The van der Waals surface area contributed by atoms with Crippen LogP contribution in [0.5, 0.6) is 5.75 Å². The molecule has 1 aliphatic heterocycles. The van der Waals surface area contributed by atoms with Gasteiger partial charge in [0.25, 0.3) is 0 Å². The largest absolute Gasteiger partial charge is 0.487 e. The quantitative estimate of drug-likeness (QED) is 0.267. The van der Waals surface area contributed by atoms with Gasteiger partial charge in [-0.1, -0.05) is 18.2 Å². The van der Waals surface area contributed by atoms with Crippen molar-refractivity contribution in [3.05, 3.63) is 29.8 Å². The van der Waals surface area contributed by atoms with E-state index in [1.165, 1.54) is 18.4 Å². The van der Waals surface area contributed by atoms with Crippen LogP contribution >= 0.6 is 24.0 Å². The molecule has 1 aliphatic carbocycles. The molecule has 1 aromatic carbocycles. The summed E-state index contributed by atoms with van der Waals surface area (Å²) in [5.74, 6) is 1.81. The van der Waals surface area contributed by atoms with Crippen LogP contribution in [-0.4, -0.2) is 52.1 Å². The predicted molar refractivity (Wildman–Crippen MR) is 118 cm³/mol. The Balaban J connectivity index is 0.00000261. The molecule has 1 atom stereocenters. The molecule has 2 N–H and O–H groups in total. The first-order chi connectivity index (χ1) is 12.8. The minimum atomic E-state index is -0.0197. The maximum absolute atomic E-state index is 6.43. The van der Waals surface area contributed by atoms with Crippen molar-refractivity contribution in [1.29, 1.82) is 0 Å². The van der Waals surface area contributed by atoms with E-state index in [0.717, 1.165) is 31.0 Å². The number of para-hydroxylation sites is 1. The van der Waals surface area contributed by atoms with Gasteiger partial charge in [-0.3, -0.25) is 4.99 Å². The summed E-state index contributed by atoms with van der Waals surface area (Å²) in [4.78, 5) is 4.38. The van der Waals surface area contributed by atoms with Crippen molar-refractivity contribution < 1.29 is 14.2 Å². The Bertz CT molecular complexity index is 606. The van der Waals surface area contributed by atoms with E-state index in [9.17, 15) is 0 Å². The second kappa shape index (κ2) is 11.1. The second-order valence-electron chi connectivity index (χ2n) is 7.04. The third-order valence-electron chi connectivity index (χ3n) is 5.22. The number of nitrogens with one attached hydrogen (secondary N) is 2. The molecule has 0 amide bonds. The fraction of sp³-hybridized carbons (Fsp3) is 0.650. The van der Waals surface area contributed by atoms with Crippen molar-refractivity contribution in [1.82, 2.24) is 10.6 Å². The van der Waals surface area contributed by atoms with Crippen LogP contribution in [0.3, 0.4) is 0 Å². The van der Waals surface area contributed by atoms with Crippen LogP contribution in [0.1, 0.15) is 43.7 Å². The standard InChI is InChI=1S/C20H31N3O3.HI/c1-21-19(22-11-12-25-14-13-24-2)23-17-15-20(9-5-6-10-20)26-18-8-4-3-7-16(17)18;/h3-4,7-8,17H,5-6,9-15H2,1-2H3,(H2,21,22,23);1H. The molecule has 3 rings (SSSR count). The Labute approximate surface area is 179 Å². The number of nitrogens with zero attached hydrogens (tertiary/aromatic N) is 1. The summed E-state index contributed by atoms with van der Waals surface area (Å²) in [6.07, 6.45) is 5.76. The van der Waals surface area contributed by atoms with Gasteiger partial charge in [-0.15, -0.1) is 24.0 Å². The van der Waals surface area contributed by atoms with Gasteiger partial charge in [-0.05, 0) is 31.7 Å². The summed E-state index contributed by atoms with van der Waals surface area (Å²) in [5, 5.41) is 6.93. The molecule has 1 aromatic rings. The van der Waals surface area contributed by atoms with Gasteiger partial charge in [0.1, 0.15) is 11.4 Å². The summed E-state index contributed by atoms with van der Waals surface area (Å²) >= 11 is 0. The van der Waals surface area contributed by atoms with Gasteiger partial charge in [0.05, 0.1) is 25.9 Å². The first-order valence-corrected chi connectivity index (χ1v) is 9.58. The third-order valence-corrected chi connectivity index (χ3v) is 5.22. The van der Waals surface area contributed by atoms with Crippen LogP contribution in [0.4, 0.5) is 0 Å². The molecule has 6 nitrogen and oxygen atoms in total. The molecule has 1 saturated carbocycles. The van der Waals surface area contributed by atoms with E-state index >= 15 is 0 Å². The van der Waals surface area contributed by atoms with Crippen LogP contribution in [0.25, 0.3) is 0 Å². The van der Waals surface area contributed by atoms with E-state index in [1.54, 1.807) is 14.2 Å². The zero-order chi connectivity index (χ0) is 18.2. The molecule has 152 valence electrons. The first kappa shape index (κ1) is 22.2. The number of guanidine groups is 1. The fourth-order valence-corrected chi connectivity index (χ4v) is 3.92. The van der Waals surface area contributed by atoms with Gasteiger partial charge in [-0.25, -0.2) is 0 Å². The molecule has 1 spiro atoms. The highest BCUT2D eigenvalue weighted by atomic mass is 127. The molecule has 27 heavy (non-hydrogen) atoms. The van der Waals surface area contributed by atoms with Crippen LogP contribution in [0.2, 0.25) is 0 Å². The summed E-state index contributed by atoms with van der Waals surface area (Å²) in [7, 11) is 3.48. The van der Waals surface area contributed by atoms with E-state index < -0.39 is 0 Å². The molecule has 0 aromatic heterocycles. The van der Waals surface area contributed by atoms with Gasteiger partial charge in [-0.2, -0.15) is 0 Å². The predicted octanol–water partition coefficient (Wildman–Crippen LogP) is 3.27. The Morgan fingerprint density at radius 3 is 2.74 bits per heavy atom. The number of hydrogen-bond donors (Lipinski definition) is 2. The third kappa shape index (κ3) is 5.96. The van der Waals surface area contributed by atoms with E-state index in [0.29, 0.717) is 26.4 Å². The molecule has 2 aliphatic rings. The number of halogens is 1. The lowest BCUT2D eigenvalue weighted by Gasteiger charge is -2.40. The van der Waals surface area contributed by atoms with Gasteiger partial charge in [0, 0.05) is 32.7 Å². The summed E-state index contributed by atoms with van der Waals surface area (Å²) < 4.78 is 16.9. The number of methoxy groups -OCH3 is 1. The zero-order valence-corrected chi connectivity index (χ0v) is 18.7. The molecule has 0 saturated heterocycles. The highest BCUT2D eigenvalue weighted by molar-refractivity contribution is 14.0. The van der Waals surface area contributed by atoms with Gasteiger partial charge in [0.15, 0.2) is 5.96 Å². The highest BCUT2D eigenvalue weighted by Gasteiger charge is 2.43. The first-order valence-electron chi connectivity index (χ1n) is 9.58. The number of benzene rings is 1. The smallest absolute Gasteiger partial charge is 0.191 e. The van der Waals surface area contributed by atoms with E-state index in [1.807, 2.05) is 6.07 Å². The minimum absolute atomic E-state index is 0. The van der Waals surface area contributed by atoms with Crippen molar-refractivity contribution >= 4 is 29.9 Å². The molecule has 0 bridgehead atoms. The molecule has 7 heteroatoms. The van der Waals surface area contributed by atoms with E-state index in [4.69, 9.17) is 14.2 Å². The van der Waals surface area contributed by atoms with Crippen molar-refractivity contribution in [3.8, 4) is 5.75 Å². The van der Waals surface area contributed by atoms with Crippen molar-refractivity contribution in [3.63, 3.8) is 0 Å². The Morgan fingerprint density at radius 1 is 1.22 bits per heavy atom. The Kier molecular flexibility index (Phi) is 9.11. The lowest BCUT2D eigenvalue weighted by Crippen LogP contribution is -2.47. The summed E-state index contributed by atoms with van der Waals surface area (Å²) in [6, 6.07) is 8.56. The molecular weight excluding hydrogens is 457 g/mol. The van der Waals surface area contributed by atoms with Crippen LogP contribution in [0.15, 0.2) is 29.3 Å². The van der Waals surface area contributed by atoms with Gasteiger partial charge in [0.2, 0.25) is 0 Å². The summed E-state index contributed by atoms with van der Waals surface area (Å²) in [5.41, 5.74) is 1.19. The lowest BCUT2D eigenvalue weighted by molar-refractivity contribution is 0.0395. The van der Waals surface area contributed by atoms with Crippen LogP contribution in [0, 0.1) is 0 Å². The van der Waals surface area contributed by atoms with E-state index in [-0.39, 0.29) is 35.6 Å². The molecule has 1 fully saturated rings. The number of hydrogen-bond acceptors (Lipinski definition) is 4. The average molecular weight is 489 g/mol. The topological polar surface area (TPSA) is 64.1 Å². The summed E-state index contributed by atoms with van der Waals surface area (Å²) in [6.45, 7) is 2.56. The number of fused-ring (bicyclic) bond motifs is 1. The molecule has 1 heterocycles. The maximum atomic E-state index is 6.43. The van der Waals surface area contributed by atoms with Crippen LogP contribution in [-0.2, 0) is 9.47 Å². The SMILES string of the molecule is CN=C(NCCOCCOC)NC1CC2(CCCC2)Oc2ccccc21.I. The van der Waals surface area contributed by atoms with Crippen molar-refractivity contribution in [2.45, 2.75) is 43.7 Å². The molecule has 0 radical (unpaired) electrons. The average Bonchev–Trinajstić information content (AvgIpc) is 3.10. The minimum Gasteiger partial charge on any atom is -0.487 e. The number of aliphatic imine (C=N–C) groups is 1. The normalized spacial score (nSPS) is 20.5. The number of rotatable bonds is 7. The Hall–Kier alpha value is -1.06. The van der Waals surface area contributed by atoms with Gasteiger partial charge < -0.3 is 24.8 Å².